The standard InChI is InChI=1S/C12H24N2O2/c1-9-4-6-13-11(8-9)12(15)14-10(2)5-7-16-3/h9-11,13H,4-8H2,1-3H3,(H,14,15). The summed E-state index contributed by atoms with van der Waals surface area (Å²) in [5.41, 5.74) is 0. The van der Waals surface area contributed by atoms with E-state index in [4.69, 9.17) is 4.74 Å². The van der Waals surface area contributed by atoms with Crippen LogP contribution in [0.15, 0.2) is 0 Å². The van der Waals surface area contributed by atoms with Crippen LogP contribution in [-0.2, 0) is 9.53 Å². The average molecular weight is 228 g/mol. The highest BCUT2D eigenvalue weighted by Gasteiger charge is 2.24. The van der Waals surface area contributed by atoms with Gasteiger partial charge in [0.25, 0.3) is 0 Å². The van der Waals surface area contributed by atoms with E-state index in [2.05, 4.69) is 17.6 Å². The van der Waals surface area contributed by atoms with Crippen molar-refractivity contribution in [2.75, 3.05) is 20.3 Å². The van der Waals surface area contributed by atoms with E-state index in [1.807, 2.05) is 6.92 Å². The first kappa shape index (κ1) is 13.5. The summed E-state index contributed by atoms with van der Waals surface area (Å²) in [4.78, 5) is 11.9. The topological polar surface area (TPSA) is 50.4 Å². The summed E-state index contributed by atoms with van der Waals surface area (Å²) in [6, 6.07) is 0.181. The second-order valence-electron chi connectivity index (χ2n) is 4.83. The minimum Gasteiger partial charge on any atom is -0.385 e. The fourth-order valence-corrected chi connectivity index (χ4v) is 2.02. The van der Waals surface area contributed by atoms with Gasteiger partial charge in [-0.2, -0.15) is 0 Å². The highest BCUT2D eigenvalue weighted by atomic mass is 16.5. The van der Waals surface area contributed by atoms with Crippen LogP contribution in [-0.4, -0.2) is 38.3 Å². The van der Waals surface area contributed by atoms with E-state index < -0.39 is 0 Å². The zero-order valence-corrected chi connectivity index (χ0v) is 10.6. The first-order valence-electron chi connectivity index (χ1n) is 6.16. The van der Waals surface area contributed by atoms with E-state index in [1.165, 1.54) is 6.42 Å². The van der Waals surface area contributed by atoms with Gasteiger partial charge in [-0.3, -0.25) is 4.79 Å². The SMILES string of the molecule is COCCC(C)NC(=O)C1CC(C)CCN1. The Morgan fingerprint density at radius 2 is 2.38 bits per heavy atom. The van der Waals surface area contributed by atoms with Crippen molar-refractivity contribution in [3.8, 4) is 0 Å². The molecule has 0 aromatic carbocycles. The molecule has 94 valence electrons. The molecule has 0 aromatic rings. The maximum Gasteiger partial charge on any atom is 0.237 e. The number of amides is 1. The van der Waals surface area contributed by atoms with Crippen LogP contribution in [0.1, 0.15) is 33.1 Å². The minimum absolute atomic E-state index is 0.00579. The second-order valence-corrected chi connectivity index (χ2v) is 4.83. The zero-order chi connectivity index (χ0) is 12.0. The Morgan fingerprint density at radius 1 is 1.62 bits per heavy atom. The van der Waals surface area contributed by atoms with Crippen molar-refractivity contribution in [1.82, 2.24) is 10.6 Å². The molecule has 0 aromatic heterocycles. The molecule has 1 fully saturated rings. The number of ether oxygens (including phenoxy) is 1. The summed E-state index contributed by atoms with van der Waals surface area (Å²) in [7, 11) is 1.68. The molecule has 1 saturated heterocycles. The number of nitrogens with one attached hydrogen (secondary N) is 2. The van der Waals surface area contributed by atoms with Crippen molar-refractivity contribution in [2.45, 2.75) is 45.2 Å². The van der Waals surface area contributed by atoms with Gasteiger partial charge in [0.2, 0.25) is 5.91 Å². The molecule has 0 bridgehead atoms. The van der Waals surface area contributed by atoms with Gasteiger partial charge >= 0.3 is 0 Å². The summed E-state index contributed by atoms with van der Waals surface area (Å²) in [6.45, 7) is 5.86. The molecule has 16 heavy (non-hydrogen) atoms. The summed E-state index contributed by atoms with van der Waals surface area (Å²) in [5.74, 6) is 0.779. The van der Waals surface area contributed by atoms with E-state index in [0.29, 0.717) is 12.5 Å². The first-order valence-corrected chi connectivity index (χ1v) is 6.16. The lowest BCUT2D eigenvalue weighted by atomic mass is 9.94. The zero-order valence-electron chi connectivity index (χ0n) is 10.6. The smallest absolute Gasteiger partial charge is 0.237 e. The van der Waals surface area contributed by atoms with E-state index in [9.17, 15) is 4.79 Å². The van der Waals surface area contributed by atoms with Crippen LogP contribution in [0.5, 0.6) is 0 Å². The van der Waals surface area contributed by atoms with Crippen molar-refractivity contribution in [2.24, 2.45) is 5.92 Å². The van der Waals surface area contributed by atoms with E-state index in [-0.39, 0.29) is 18.0 Å². The maximum atomic E-state index is 11.9. The monoisotopic (exact) mass is 228 g/mol. The van der Waals surface area contributed by atoms with Gasteiger partial charge < -0.3 is 15.4 Å². The molecule has 2 N–H and O–H groups in total. The molecular weight excluding hydrogens is 204 g/mol. The van der Waals surface area contributed by atoms with Crippen LogP contribution in [0.4, 0.5) is 0 Å². The number of carbonyl (C=O) groups excluding carboxylic acids is 1. The van der Waals surface area contributed by atoms with Gasteiger partial charge in [0.1, 0.15) is 0 Å². The Balaban J connectivity index is 2.27. The van der Waals surface area contributed by atoms with Crippen molar-refractivity contribution >= 4 is 5.91 Å². The largest absolute Gasteiger partial charge is 0.385 e. The molecule has 1 aliphatic rings. The molecule has 0 radical (unpaired) electrons. The van der Waals surface area contributed by atoms with Crippen LogP contribution in [0.2, 0.25) is 0 Å². The lowest BCUT2D eigenvalue weighted by Gasteiger charge is -2.28. The van der Waals surface area contributed by atoms with Gasteiger partial charge in [-0.25, -0.2) is 0 Å². The summed E-state index contributed by atoms with van der Waals surface area (Å²) >= 11 is 0. The lowest BCUT2D eigenvalue weighted by molar-refractivity contribution is -0.124. The van der Waals surface area contributed by atoms with Crippen LogP contribution < -0.4 is 10.6 Å². The summed E-state index contributed by atoms with van der Waals surface area (Å²) < 4.78 is 4.99. The number of rotatable bonds is 5. The van der Waals surface area contributed by atoms with Crippen LogP contribution in [0.3, 0.4) is 0 Å². The van der Waals surface area contributed by atoms with Crippen molar-refractivity contribution in [1.29, 1.82) is 0 Å². The molecule has 4 heteroatoms. The second kappa shape index (κ2) is 6.86. The van der Waals surface area contributed by atoms with E-state index in [0.717, 1.165) is 19.4 Å². The van der Waals surface area contributed by atoms with Crippen molar-refractivity contribution in [3.05, 3.63) is 0 Å². The number of hydrogen-bond donors (Lipinski definition) is 2. The van der Waals surface area contributed by atoms with Crippen molar-refractivity contribution < 1.29 is 9.53 Å². The van der Waals surface area contributed by atoms with Crippen molar-refractivity contribution in [3.63, 3.8) is 0 Å². The van der Waals surface area contributed by atoms with E-state index >= 15 is 0 Å². The molecule has 1 heterocycles. The molecule has 1 aliphatic heterocycles. The Bertz CT molecular complexity index is 221. The third-order valence-corrected chi connectivity index (χ3v) is 3.13. The molecule has 0 saturated carbocycles. The normalized spacial score (nSPS) is 27.4. The maximum absolute atomic E-state index is 11.9. The number of methoxy groups -OCH3 is 1. The molecule has 0 aliphatic carbocycles. The minimum atomic E-state index is -0.00579. The van der Waals surface area contributed by atoms with Gasteiger partial charge in [-0.15, -0.1) is 0 Å². The Morgan fingerprint density at radius 3 is 3.00 bits per heavy atom. The highest BCUT2D eigenvalue weighted by molar-refractivity contribution is 5.82. The quantitative estimate of drug-likeness (QED) is 0.735. The molecular formula is C12H24N2O2. The highest BCUT2D eigenvalue weighted by Crippen LogP contribution is 2.15. The predicted octanol–water partition coefficient (Wildman–Crippen LogP) is 0.916. The number of hydrogen-bond acceptors (Lipinski definition) is 3. The first-order chi connectivity index (χ1) is 7.63. The fraction of sp³-hybridized carbons (Fsp3) is 0.917. The molecule has 1 amide bonds. The molecule has 3 unspecified atom stereocenters. The van der Waals surface area contributed by atoms with Crippen LogP contribution >= 0.6 is 0 Å². The fourth-order valence-electron chi connectivity index (χ4n) is 2.02. The van der Waals surface area contributed by atoms with Gasteiger partial charge in [0, 0.05) is 19.8 Å². The predicted molar refractivity (Wildman–Crippen MR) is 64.3 cm³/mol. The van der Waals surface area contributed by atoms with Gasteiger partial charge in [0.05, 0.1) is 6.04 Å². The number of carbonyl (C=O) groups is 1. The van der Waals surface area contributed by atoms with E-state index in [1.54, 1.807) is 7.11 Å². The van der Waals surface area contributed by atoms with Gasteiger partial charge in [-0.05, 0) is 38.6 Å². The summed E-state index contributed by atoms with van der Waals surface area (Å²) in [6.07, 6.45) is 2.98. The number of piperidine rings is 1. The Kier molecular flexibility index (Phi) is 5.77. The van der Waals surface area contributed by atoms with Crippen LogP contribution in [0.25, 0.3) is 0 Å². The molecule has 4 nitrogen and oxygen atoms in total. The summed E-state index contributed by atoms with van der Waals surface area (Å²) in [5, 5.41) is 6.29. The molecule has 3 atom stereocenters. The Labute approximate surface area is 98.1 Å². The average Bonchev–Trinajstić information content (AvgIpc) is 2.26. The molecule has 1 rings (SSSR count). The third kappa shape index (κ3) is 4.49. The van der Waals surface area contributed by atoms with Gasteiger partial charge in [0.15, 0.2) is 0 Å². The third-order valence-electron chi connectivity index (χ3n) is 3.13. The van der Waals surface area contributed by atoms with Gasteiger partial charge in [-0.1, -0.05) is 6.92 Å². The van der Waals surface area contributed by atoms with Crippen LogP contribution in [0, 0.1) is 5.92 Å². The molecule has 0 spiro atoms. The Hall–Kier alpha value is -0.610. The lowest BCUT2D eigenvalue weighted by Crippen LogP contribution is -2.50.